The lowest BCUT2D eigenvalue weighted by atomic mass is 10.2. The summed E-state index contributed by atoms with van der Waals surface area (Å²) in [6.45, 7) is 6.66. The fourth-order valence-corrected chi connectivity index (χ4v) is 2.90. The second-order valence-electron chi connectivity index (χ2n) is 6.29. The van der Waals surface area contributed by atoms with Crippen LogP contribution in [-0.4, -0.2) is 20.7 Å². The highest BCUT2D eigenvalue weighted by atomic mass is 16.6. The molecule has 0 spiro atoms. The second kappa shape index (κ2) is 7.99. The van der Waals surface area contributed by atoms with Gasteiger partial charge in [-0.1, -0.05) is 42.4 Å². The van der Waals surface area contributed by atoms with Gasteiger partial charge in [0.15, 0.2) is 12.4 Å². The number of aromatic nitrogens is 3. The van der Waals surface area contributed by atoms with Gasteiger partial charge >= 0.3 is 5.97 Å². The van der Waals surface area contributed by atoms with Gasteiger partial charge in [0.2, 0.25) is 0 Å². The zero-order valence-electron chi connectivity index (χ0n) is 15.4. The van der Waals surface area contributed by atoms with Crippen LogP contribution in [0.15, 0.2) is 40.9 Å². The van der Waals surface area contributed by atoms with Crippen LogP contribution >= 0.6 is 0 Å². The van der Waals surface area contributed by atoms with Crippen molar-refractivity contribution in [3.05, 3.63) is 70.6 Å². The predicted molar refractivity (Wildman–Crippen MR) is 96.9 cm³/mol. The number of rotatable bonds is 7. The Balaban J connectivity index is 1.68. The number of carbonyl (C=O) groups is 1. The van der Waals surface area contributed by atoms with Crippen molar-refractivity contribution in [1.82, 2.24) is 14.7 Å². The predicted octanol–water partition coefficient (Wildman–Crippen LogP) is 3.85. The molecule has 2 aromatic heterocycles. The Kier molecular flexibility index (Phi) is 5.51. The number of carbonyl (C=O) groups excluding carboxylic acids is 1. The molecule has 0 unspecified atom stereocenters. The fraction of sp³-hybridized carbons (Fsp3) is 0.350. The Bertz CT molecular complexity index is 881. The van der Waals surface area contributed by atoms with Gasteiger partial charge in [-0.2, -0.15) is 4.98 Å². The van der Waals surface area contributed by atoms with Crippen molar-refractivity contribution in [2.24, 2.45) is 0 Å². The van der Waals surface area contributed by atoms with Crippen LogP contribution in [0.3, 0.4) is 0 Å². The minimum atomic E-state index is -0.382. The van der Waals surface area contributed by atoms with E-state index in [1.165, 1.54) is 5.56 Å². The fourth-order valence-electron chi connectivity index (χ4n) is 2.90. The number of ether oxygens (including phenoxy) is 1. The zero-order valence-corrected chi connectivity index (χ0v) is 15.4. The normalized spacial score (nSPS) is 10.9. The highest BCUT2D eigenvalue weighted by molar-refractivity contribution is 5.91. The van der Waals surface area contributed by atoms with Crippen molar-refractivity contribution in [3.63, 3.8) is 0 Å². The van der Waals surface area contributed by atoms with Crippen LogP contribution in [0.25, 0.3) is 0 Å². The van der Waals surface area contributed by atoms with Gasteiger partial charge in [-0.25, -0.2) is 4.79 Å². The molecule has 0 bridgehead atoms. The highest BCUT2D eigenvalue weighted by Gasteiger charge is 2.18. The van der Waals surface area contributed by atoms with Crippen molar-refractivity contribution in [3.8, 4) is 0 Å². The van der Waals surface area contributed by atoms with Gasteiger partial charge in [0.05, 0.1) is 5.56 Å². The van der Waals surface area contributed by atoms with Gasteiger partial charge in [-0.05, 0) is 31.9 Å². The Morgan fingerprint density at radius 2 is 2.00 bits per heavy atom. The molecule has 6 nitrogen and oxygen atoms in total. The Morgan fingerprint density at radius 1 is 1.23 bits per heavy atom. The van der Waals surface area contributed by atoms with E-state index in [2.05, 4.69) is 26.8 Å². The van der Waals surface area contributed by atoms with Gasteiger partial charge in [-0.3, -0.25) is 0 Å². The topological polar surface area (TPSA) is 70.2 Å². The highest BCUT2D eigenvalue weighted by Crippen LogP contribution is 2.18. The van der Waals surface area contributed by atoms with Crippen LogP contribution in [-0.2, 0) is 24.3 Å². The monoisotopic (exact) mass is 353 g/mol. The largest absolute Gasteiger partial charge is 0.452 e. The Morgan fingerprint density at radius 3 is 2.73 bits per heavy atom. The molecule has 3 rings (SSSR count). The molecule has 0 saturated carbocycles. The molecule has 0 N–H and O–H groups in total. The molecule has 0 radical (unpaired) electrons. The first-order valence-electron chi connectivity index (χ1n) is 8.77. The van der Waals surface area contributed by atoms with E-state index in [0.29, 0.717) is 17.3 Å². The molecular formula is C20H23N3O3. The SMILES string of the molecule is CCCc1noc(COC(=O)c2cc(C)n(Cc3ccccc3)c2C)n1. The molecule has 136 valence electrons. The Labute approximate surface area is 152 Å². The second-order valence-corrected chi connectivity index (χ2v) is 6.29. The van der Waals surface area contributed by atoms with E-state index in [4.69, 9.17) is 9.26 Å². The van der Waals surface area contributed by atoms with E-state index < -0.39 is 0 Å². The molecule has 0 atom stereocenters. The summed E-state index contributed by atoms with van der Waals surface area (Å²) in [6.07, 6.45) is 1.68. The number of hydrogen-bond acceptors (Lipinski definition) is 5. The van der Waals surface area contributed by atoms with Gasteiger partial charge in [-0.15, -0.1) is 0 Å². The molecule has 3 aromatic rings. The zero-order chi connectivity index (χ0) is 18.5. The molecule has 26 heavy (non-hydrogen) atoms. The van der Waals surface area contributed by atoms with Crippen LogP contribution in [0.5, 0.6) is 0 Å². The summed E-state index contributed by atoms with van der Waals surface area (Å²) in [6, 6.07) is 12.0. The number of nitrogens with zero attached hydrogens (tertiary/aromatic N) is 3. The van der Waals surface area contributed by atoms with Crippen LogP contribution in [0.4, 0.5) is 0 Å². The number of hydrogen-bond donors (Lipinski definition) is 0. The van der Waals surface area contributed by atoms with E-state index in [0.717, 1.165) is 30.8 Å². The molecule has 1 aromatic carbocycles. The van der Waals surface area contributed by atoms with Crippen LogP contribution in [0.1, 0.15) is 52.4 Å². The molecule has 0 aliphatic heterocycles. The quantitative estimate of drug-likeness (QED) is 0.604. The van der Waals surface area contributed by atoms with E-state index in [1.807, 2.05) is 45.0 Å². The maximum atomic E-state index is 12.5. The third-order valence-electron chi connectivity index (χ3n) is 4.29. The van der Waals surface area contributed by atoms with Crippen molar-refractivity contribution >= 4 is 5.97 Å². The summed E-state index contributed by atoms with van der Waals surface area (Å²) in [4.78, 5) is 16.7. The molecule has 0 saturated heterocycles. The van der Waals surface area contributed by atoms with Gasteiger partial charge in [0, 0.05) is 24.4 Å². The smallest absolute Gasteiger partial charge is 0.340 e. The lowest BCUT2D eigenvalue weighted by Crippen LogP contribution is -2.09. The maximum Gasteiger partial charge on any atom is 0.340 e. The Hall–Kier alpha value is -2.89. The molecule has 2 heterocycles. The minimum Gasteiger partial charge on any atom is -0.452 e. The summed E-state index contributed by atoms with van der Waals surface area (Å²) in [5, 5.41) is 3.86. The summed E-state index contributed by atoms with van der Waals surface area (Å²) in [7, 11) is 0. The average molecular weight is 353 g/mol. The van der Waals surface area contributed by atoms with Crippen LogP contribution < -0.4 is 0 Å². The average Bonchev–Trinajstić information content (AvgIpc) is 3.20. The maximum absolute atomic E-state index is 12.5. The lowest BCUT2D eigenvalue weighted by molar-refractivity contribution is 0.0429. The molecule has 0 aliphatic rings. The van der Waals surface area contributed by atoms with E-state index >= 15 is 0 Å². The first-order chi connectivity index (χ1) is 12.6. The van der Waals surface area contributed by atoms with Crippen molar-refractivity contribution < 1.29 is 14.1 Å². The molecular weight excluding hydrogens is 330 g/mol. The van der Waals surface area contributed by atoms with Crippen LogP contribution in [0, 0.1) is 13.8 Å². The minimum absolute atomic E-state index is 0.0160. The lowest BCUT2D eigenvalue weighted by Gasteiger charge is -2.10. The van der Waals surface area contributed by atoms with E-state index in [1.54, 1.807) is 0 Å². The summed E-state index contributed by atoms with van der Waals surface area (Å²) >= 11 is 0. The summed E-state index contributed by atoms with van der Waals surface area (Å²) in [5.41, 5.74) is 3.64. The van der Waals surface area contributed by atoms with Crippen molar-refractivity contribution in [2.75, 3.05) is 0 Å². The van der Waals surface area contributed by atoms with E-state index in [9.17, 15) is 4.79 Å². The van der Waals surface area contributed by atoms with Crippen molar-refractivity contribution in [2.45, 2.75) is 46.8 Å². The van der Waals surface area contributed by atoms with Gasteiger partial charge < -0.3 is 13.8 Å². The molecule has 0 amide bonds. The first kappa shape index (κ1) is 17.9. The van der Waals surface area contributed by atoms with Gasteiger partial charge in [0.1, 0.15) is 0 Å². The summed E-state index contributed by atoms with van der Waals surface area (Å²) < 4.78 is 12.6. The van der Waals surface area contributed by atoms with Gasteiger partial charge in [0.25, 0.3) is 5.89 Å². The third kappa shape index (κ3) is 4.02. The number of esters is 1. The first-order valence-corrected chi connectivity index (χ1v) is 8.77. The van der Waals surface area contributed by atoms with Crippen LogP contribution in [0.2, 0.25) is 0 Å². The van der Waals surface area contributed by atoms with Crippen molar-refractivity contribution in [1.29, 1.82) is 0 Å². The summed E-state index contributed by atoms with van der Waals surface area (Å²) in [5.74, 6) is 0.576. The standard InChI is InChI=1S/C20H23N3O3/c1-4-8-18-21-19(26-22-18)13-25-20(24)17-11-14(2)23(15(17)3)12-16-9-6-5-7-10-16/h5-7,9-11H,4,8,12-13H2,1-3H3. The molecule has 6 heteroatoms. The third-order valence-corrected chi connectivity index (χ3v) is 4.29. The number of benzene rings is 1. The van der Waals surface area contributed by atoms with E-state index in [-0.39, 0.29) is 12.6 Å². The molecule has 0 aliphatic carbocycles. The number of aryl methyl sites for hydroxylation is 2. The molecule has 0 fully saturated rings.